The lowest BCUT2D eigenvalue weighted by molar-refractivity contribution is -0.152. The van der Waals surface area contributed by atoms with Crippen molar-refractivity contribution in [1.82, 2.24) is 4.90 Å². The molecule has 0 saturated heterocycles. The fourth-order valence-corrected chi connectivity index (χ4v) is 1.80. The first-order valence-electron chi connectivity index (χ1n) is 6.24. The van der Waals surface area contributed by atoms with Gasteiger partial charge in [0.1, 0.15) is 0 Å². The van der Waals surface area contributed by atoms with Gasteiger partial charge in [-0.05, 0) is 26.3 Å². The number of aryl methyl sites for hydroxylation is 1. The highest BCUT2D eigenvalue weighted by Gasteiger charge is 2.32. The number of halogens is 3. The summed E-state index contributed by atoms with van der Waals surface area (Å²) in [7, 11) is 0. The van der Waals surface area contributed by atoms with Gasteiger partial charge in [0.05, 0.1) is 12.6 Å². The van der Waals surface area contributed by atoms with Crippen molar-refractivity contribution in [2.45, 2.75) is 39.1 Å². The van der Waals surface area contributed by atoms with Gasteiger partial charge in [-0.1, -0.05) is 29.8 Å². The van der Waals surface area contributed by atoms with E-state index in [0.717, 1.165) is 5.56 Å². The van der Waals surface area contributed by atoms with Crippen LogP contribution >= 0.6 is 0 Å². The molecule has 1 rings (SSSR count). The highest BCUT2D eigenvalue weighted by atomic mass is 19.4. The molecule has 0 spiro atoms. The predicted octanol–water partition coefficient (Wildman–Crippen LogP) is 3.30. The summed E-state index contributed by atoms with van der Waals surface area (Å²) in [5.74, 6) is 0. The average Bonchev–Trinajstić information content (AvgIpc) is 2.27. The number of hydrogen-bond donors (Lipinski definition) is 1. The van der Waals surface area contributed by atoms with Crippen molar-refractivity contribution in [1.29, 1.82) is 0 Å². The molecule has 19 heavy (non-hydrogen) atoms. The van der Waals surface area contributed by atoms with Crippen molar-refractivity contribution in [2.24, 2.45) is 0 Å². The van der Waals surface area contributed by atoms with Gasteiger partial charge in [0.25, 0.3) is 0 Å². The van der Waals surface area contributed by atoms with Gasteiger partial charge in [-0.15, -0.1) is 0 Å². The third-order valence-corrected chi connectivity index (χ3v) is 2.98. The van der Waals surface area contributed by atoms with Crippen LogP contribution in [0.3, 0.4) is 0 Å². The summed E-state index contributed by atoms with van der Waals surface area (Å²) in [5.41, 5.74) is 1.69. The van der Waals surface area contributed by atoms with Crippen molar-refractivity contribution < 1.29 is 18.3 Å². The first-order valence-corrected chi connectivity index (χ1v) is 6.24. The van der Waals surface area contributed by atoms with E-state index in [2.05, 4.69) is 0 Å². The molecule has 108 valence electrons. The van der Waals surface area contributed by atoms with E-state index in [9.17, 15) is 18.3 Å². The summed E-state index contributed by atoms with van der Waals surface area (Å²) in [6.45, 7) is 4.26. The third-order valence-electron chi connectivity index (χ3n) is 2.98. The first-order chi connectivity index (χ1) is 8.69. The lowest BCUT2D eigenvalue weighted by atomic mass is 10.1. The Morgan fingerprint density at radius 2 is 1.68 bits per heavy atom. The zero-order valence-electron chi connectivity index (χ0n) is 11.4. The lowest BCUT2D eigenvalue weighted by Crippen LogP contribution is -2.41. The van der Waals surface area contributed by atoms with Gasteiger partial charge in [-0.3, -0.25) is 4.90 Å². The molecule has 1 unspecified atom stereocenters. The van der Waals surface area contributed by atoms with Crippen LogP contribution in [-0.2, 0) is 0 Å². The molecule has 1 atom stereocenters. The van der Waals surface area contributed by atoms with E-state index in [0.29, 0.717) is 5.56 Å². The van der Waals surface area contributed by atoms with Gasteiger partial charge in [0, 0.05) is 12.6 Å². The maximum absolute atomic E-state index is 12.4. The number of alkyl halides is 3. The Bertz CT molecular complexity index is 387. The number of benzene rings is 1. The van der Waals surface area contributed by atoms with E-state index in [-0.39, 0.29) is 12.6 Å². The number of aliphatic hydroxyl groups is 1. The number of hydrogen-bond acceptors (Lipinski definition) is 2. The Labute approximate surface area is 111 Å². The molecule has 0 amide bonds. The molecule has 1 aromatic rings. The van der Waals surface area contributed by atoms with Crippen molar-refractivity contribution >= 4 is 0 Å². The van der Waals surface area contributed by atoms with Gasteiger partial charge in [0.15, 0.2) is 0 Å². The average molecular weight is 275 g/mol. The Morgan fingerprint density at radius 3 is 2.11 bits per heavy atom. The van der Waals surface area contributed by atoms with Gasteiger partial charge in [-0.2, -0.15) is 13.2 Å². The second-order valence-corrected chi connectivity index (χ2v) is 5.06. The smallest absolute Gasteiger partial charge is 0.387 e. The minimum absolute atomic E-state index is 0.0275. The van der Waals surface area contributed by atoms with Crippen LogP contribution in [0.25, 0.3) is 0 Å². The predicted molar refractivity (Wildman–Crippen MR) is 68.9 cm³/mol. The molecule has 0 aliphatic rings. The van der Waals surface area contributed by atoms with Crippen LogP contribution in [0.1, 0.15) is 31.1 Å². The van der Waals surface area contributed by atoms with Crippen LogP contribution in [0, 0.1) is 6.92 Å². The highest BCUT2D eigenvalue weighted by Crippen LogP contribution is 2.21. The van der Waals surface area contributed by atoms with Gasteiger partial charge < -0.3 is 5.11 Å². The number of aliphatic hydroxyl groups excluding tert-OH is 1. The normalized spacial score (nSPS) is 14.2. The molecule has 0 bridgehead atoms. The monoisotopic (exact) mass is 275 g/mol. The van der Waals surface area contributed by atoms with E-state index in [1.54, 1.807) is 26.0 Å². The SMILES string of the molecule is Cc1ccc(C(O)CN(CC(F)(F)F)C(C)C)cc1. The molecule has 0 fully saturated rings. The fourth-order valence-electron chi connectivity index (χ4n) is 1.80. The van der Waals surface area contributed by atoms with Crippen LogP contribution in [0.15, 0.2) is 24.3 Å². The van der Waals surface area contributed by atoms with E-state index in [1.165, 1.54) is 4.90 Å². The van der Waals surface area contributed by atoms with Crippen molar-refractivity contribution in [3.63, 3.8) is 0 Å². The Kier molecular flexibility index (Phi) is 5.38. The fraction of sp³-hybridized carbons (Fsp3) is 0.571. The van der Waals surface area contributed by atoms with Gasteiger partial charge in [-0.25, -0.2) is 0 Å². The molecule has 0 radical (unpaired) electrons. The molecule has 0 saturated carbocycles. The third kappa shape index (κ3) is 5.61. The molecule has 5 heteroatoms. The molecule has 0 aliphatic heterocycles. The maximum Gasteiger partial charge on any atom is 0.401 e. The summed E-state index contributed by atoms with van der Waals surface area (Å²) < 4.78 is 37.3. The minimum atomic E-state index is -4.25. The van der Waals surface area contributed by atoms with Crippen molar-refractivity contribution in [3.05, 3.63) is 35.4 Å². The molecule has 0 aromatic heterocycles. The summed E-state index contributed by atoms with van der Waals surface area (Å²) >= 11 is 0. The van der Waals surface area contributed by atoms with E-state index in [1.807, 2.05) is 19.1 Å². The van der Waals surface area contributed by atoms with Crippen molar-refractivity contribution in [2.75, 3.05) is 13.1 Å². The maximum atomic E-state index is 12.4. The number of nitrogens with zero attached hydrogens (tertiary/aromatic N) is 1. The van der Waals surface area contributed by atoms with E-state index in [4.69, 9.17) is 0 Å². The highest BCUT2D eigenvalue weighted by molar-refractivity contribution is 5.23. The summed E-state index contributed by atoms with van der Waals surface area (Å²) in [6.07, 6.45) is -5.16. The van der Waals surface area contributed by atoms with Crippen LogP contribution < -0.4 is 0 Å². The topological polar surface area (TPSA) is 23.5 Å². The van der Waals surface area contributed by atoms with Crippen LogP contribution in [0.5, 0.6) is 0 Å². The Hall–Kier alpha value is -1.07. The van der Waals surface area contributed by atoms with Crippen LogP contribution in [-0.4, -0.2) is 35.3 Å². The lowest BCUT2D eigenvalue weighted by Gasteiger charge is -2.29. The van der Waals surface area contributed by atoms with E-state index >= 15 is 0 Å². The van der Waals surface area contributed by atoms with Gasteiger partial charge in [0.2, 0.25) is 0 Å². The second kappa shape index (κ2) is 6.39. The summed E-state index contributed by atoms with van der Waals surface area (Å²) in [4.78, 5) is 1.23. The molecule has 0 aliphatic carbocycles. The van der Waals surface area contributed by atoms with Crippen molar-refractivity contribution in [3.8, 4) is 0 Å². The Balaban J connectivity index is 2.71. The first kappa shape index (κ1) is 16.0. The molecular weight excluding hydrogens is 255 g/mol. The molecule has 2 nitrogen and oxygen atoms in total. The van der Waals surface area contributed by atoms with E-state index < -0.39 is 18.8 Å². The zero-order valence-corrected chi connectivity index (χ0v) is 11.4. The zero-order chi connectivity index (χ0) is 14.6. The summed E-state index contributed by atoms with van der Waals surface area (Å²) in [6, 6.07) is 6.88. The van der Waals surface area contributed by atoms with Crippen LogP contribution in [0.2, 0.25) is 0 Å². The summed E-state index contributed by atoms with van der Waals surface area (Å²) in [5, 5.41) is 10.0. The largest absolute Gasteiger partial charge is 0.401 e. The Morgan fingerprint density at radius 1 is 1.16 bits per heavy atom. The molecule has 0 heterocycles. The van der Waals surface area contributed by atoms with Crippen LogP contribution in [0.4, 0.5) is 13.2 Å². The second-order valence-electron chi connectivity index (χ2n) is 5.06. The molecule has 1 aromatic carbocycles. The quantitative estimate of drug-likeness (QED) is 0.891. The standard InChI is InChI=1S/C14H20F3NO/c1-10(2)18(9-14(15,16)17)8-13(19)12-6-4-11(3)5-7-12/h4-7,10,13,19H,8-9H2,1-3H3. The molecule has 1 N–H and O–H groups in total. The minimum Gasteiger partial charge on any atom is -0.387 e. The number of rotatable bonds is 5. The molecular formula is C14H20F3NO. The van der Waals surface area contributed by atoms with Gasteiger partial charge >= 0.3 is 6.18 Å².